The molecule has 1 fully saturated rings. The Bertz CT molecular complexity index is 442. The molecule has 1 aromatic rings. The van der Waals surface area contributed by atoms with Gasteiger partial charge in [0.2, 0.25) is 5.91 Å². The molecule has 17 heavy (non-hydrogen) atoms. The minimum Gasteiger partial charge on any atom is -0.345 e. The van der Waals surface area contributed by atoms with E-state index in [1.807, 2.05) is 11.2 Å². The molecule has 2 heterocycles. The van der Waals surface area contributed by atoms with E-state index < -0.39 is 0 Å². The second kappa shape index (κ2) is 5.10. The first-order valence-electron chi connectivity index (χ1n) is 5.17. The number of piperazine rings is 1. The quantitative estimate of drug-likeness (QED) is 0.459. The van der Waals surface area contributed by atoms with E-state index in [0.717, 1.165) is 12.4 Å². The predicted molar refractivity (Wildman–Crippen MR) is 68.7 cm³/mol. The van der Waals surface area contributed by atoms with Crippen molar-refractivity contribution in [1.29, 1.82) is 0 Å². The van der Waals surface area contributed by atoms with E-state index in [0.29, 0.717) is 23.4 Å². The van der Waals surface area contributed by atoms with Crippen molar-refractivity contribution in [2.75, 3.05) is 37.8 Å². The van der Waals surface area contributed by atoms with E-state index >= 15 is 0 Å². The Hall–Kier alpha value is -1.01. The SMILES string of the molecule is CSc1nc(Cl)cc(N2CCN(C)C(=O)C2)n1. The number of aromatic nitrogens is 2. The Balaban J connectivity index is 2.22. The van der Waals surface area contributed by atoms with Gasteiger partial charge in [-0.25, -0.2) is 9.97 Å². The number of amides is 1. The summed E-state index contributed by atoms with van der Waals surface area (Å²) in [6.07, 6.45) is 1.89. The lowest BCUT2D eigenvalue weighted by Gasteiger charge is -2.32. The third-order valence-electron chi connectivity index (χ3n) is 2.62. The highest BCUT2D eigenvalue weighted by molar-refractivity contribution is 7.98. The highest BCUT2D eigenvalue weighted by atomic mass is 35.5. The molecule has 2 rings (SSSR count). The zero-order chi connectivity index (χ0) is 12.4. The van der Waals surface area contributed by atoms with Crippen molar-refractivity contribution in [3.05, 3.63) is 11.2 Å². The first kappa shape index (κ1) is 12.4. The summed E-state index contributed by atoms with van der Waals surface area (Å²) in [6, 6.07) is 1.69. The summed E-state index contributed by atoms with van der Waals surface area (Å²) in [5, 5.41) is 1.03. The van der Waals surface area contributed by atoms with Crippen molar-refractivity contribution in [3.63, 3.8) is 0 Å². The molecule has 5 nitrogen and oxygen atoms in total. The van der Waals surface area contributed by atoms with Crippen LogP contribution in [0.15, 0.2) is 11.2 Å². The maximum absolute atomic E-state index is 11.6. The molecule has 0 aliphatic carbocycles. The van der Waals surface area contributed by atoms with Crippen LogP contribution >= 0.6 is 23.4 Å². The van der Waals surface area contributed by atoms with Gasteiger partial charge in [-0.2, -0.15) is 0 Å². The standard InChI is InChI=1S/C10H13ClN4OS/c1-14-3-4-15(6-9(14)16)8-5-7(11)12-10(13-8)17-2/h5H,3-4,6H2,1-2H3. The van der Waals surface area contributed by atoms with Crippen molar-refractivity contribution in [2.24, 2.45) is 0 Å². The van der Waals surface area contributed by atoms with Gasteiger partial charge in [-0.1, -0.05) is 23.4 Å². The fourth-order valence-corrected chi connectivity index (χ4v) is 2.19. The zero-order valence-electron chi connectivity index (χ0n) is 9.68. The van der Waals surface area contributed by atoms with Gasteiger partial charge in [-0.15, -0.1) is 0 Å². The Morgan fingerprint density at radius 3 is 2.82 bits per heavy atom. The topological polar surface area (TPSA) is 49.3 Å². The number of carbonyl (C=O) groups excluding carboxylic acids is 1. The Morgan fingerprint density at radius 2 is 2.18 bits per heavy atom. The van der Waals surface area contributed by atoms with E-state index in [2.05, 4.69) is 9.97 Å². The number of rotatable bonds is 2. The van der Waals surface area contributed by atoms with Gasteiger partial charge in [-0.3, -0.25) is 4.79 Å². The van der Waals surface area contributed by atoms with Crippen LogP contribution in [-0.4, -0.2) is 53.7 Å². The Kier molecular flexibility index (Phi) is 3.73. The molecular weight excluding hydrogens is 260 g/mol. The number of carbonyl (C=O) groups is 1. The molecule has 0 atom stereocenters. The van der Waals surface area contributed by atoms with Gasteiger partial charge in [-0.05, 0) is 6.26 Å². The number of hydrogen-bond acceptors (Lipinski definition) is 5. The van der Waals surface area contributed by atoms with Crippen LogP contribution in [0.5, 0.6) is 0 Å². The van der Waals surface area contributed by atoms with Crippen molar-refractivity contribution < 1.29 is 4.79 Å². The second-order valence-electron chi connectivity index (χ2n) is 3.77. The number of halogens is 1. The lowest BCUT2D eigenvalue weighted by molar-refractivity contribution is -0.129. The summed E-state index contributed by atoms with van der Waals surface area (Å²) in [7, 11) is 1.81. The van der Waals surface area contributed by atoms with Gasteiger partial charge in [0, 0.05) is 26.2 Å². The van der Waals surface area contributed by atoms with Gasteiger partial charge < -0.3 is 9.80 Å². The van der Waals surface area contributed by atoms with Crippen molar-refractivity contribution >= 4 is 35.1 Å². The molecule has 0 radical (unpaired) electrons. The molecular formula is C10H13ClN4OS. The predicted octanol–water partition coefficient (Wildman–Crippen LogP) is 1.13. The molecule has 0 unspecified atom stereocenters. The number of nitrogens with zero attached hydrogens (tertiary/aromatic N) is 4. The van der Waals surface area contributed by atoms with Gasteiger partial charge >= 0.3 is 0 Å². The first-order valence-corrected chi connectivity index (χ1v) is 6.78. The lowest BCUT2D eigenvalue weighted by atomic mass is 10.3. The highest BCUT2D eigenvalue weighted by Gasteiger charge is 2.22. The van der Waals surface area contributed by atoms with Crippen LogP contribution in [0.1, 0.15) is 0 Å². The van der Waals surface area contributed by atoms with Crippen LogP contribution in [0, 0.1) is 0 Å². The number of hydrogen-bond donors (Lipinski definition) is 0. The summed E-state index contributed by atoms with van der Waals surface area (Å²) in [5.74, 6) is 0.812. The van der Waals surface area contributed by atoms with E-state index in [-0.39, 0.29) is 5.91 Å². The largest absolute Gasteiger partial charge is 0.345 e. The average molecular weight is 273 g/mol. The average Bonchev–Trinajstić information content (AvgIpc) is 2.32. The summed E-state index contributed by atoms with van der Waals surface area (Å²) < 4.78 is 0. The minimum atomic E-state index is 0.0942. The Labute approximate surface area is 109 Å². The normalized spacial score (nSPS) is 16.5. The van der Waals surface area contributed by atoms with E-state index in [1.165, 1.54) is 11.8 Å². The van der Waals surface area contributed by atoms with Gasteiger partial charge in [0.25, 0.3) is 0 Å². The summed E-state index contributed by atoms with van der Waals surface area (Å²) in [6.45, 7) is 1.82. The van der Waals surface area contributed by atoms with E-state index in [1.54, 1.807) is 18.0 Å². The molecule has 92 valence electrons. The number of thioether (sulfide) groups is 1. The molecule has 1 aromatic heterocycles. The summed E-state index contributed by atoms with van der Waals surface area (Å²) >= 11 is 7.36. The van der Waals surface area contributed by atoms with Crippen LogP contribution in [0.2, 0.25) is 5.15 Å². The third-order valence-corrected chi connectivity index (χ3v) is 3.37. The van der Waals surface area contributed by atoms with E-state index in [9.17, 15) is 4.79 Å². The number of likely N-dealkylation sites (N-methyl/N-ethyl adjacent to an activating group) is 1. The molecule has 1 aliphatic rings. The van der Waals surface area contributed by atoms with Crippen molar-refractivity contribution in [2.45, 2.75) is 5.16 Å². The molecule has 1 saturated heterocycles. The van der Waals surface area contributed by atoms with Gasteiger partial charge in [0.15, 0.2) is 5.16 Å². The van der Waals surface area contributed by atoms with E-state index in [4.69, 9.17) is 11.6 Å². The fourth-order valence-electron chi connectivity index (χ4n) is 1.59. The summed E-state index contributed by atoms with van der Waals surface area (Å²) in [4.78, 5) is 23.7. The van der Waals surface area contributed by atoms with Gasteiger partial charge in [0.05, 0.1) is 6.54 Å². The van der Waals surface area contributed by atoms with Gasteiger partial charge in [0.1, 0.15) is 11.0 Å². The maximum Gasteiger partial charge on any atom is 0.241 e. The lowest BCUT2D eigenvalue weighted by Crippen LogP contribution is -2.48. The van der Waals surface area contributed by atoms with Crippen LogP contribution in [0.25, 0.3) is 0 Å². The molecule has 0 aromatic carbocycles. The van der Waals surface area contributed by atoms with Crippen LogP contribution in [-0.2, 0) is 4.79 Å². The van der Waals surface area contributed by atoms with Crippen molar-refractivity contribution in [3.8, 4) is 0 Å². The molecule has 7 heteroatoms. The molecule has 1 amide bonds. The first-order chi connectivity index (χ1) is 8.10. The molecule has 0 spiro atoms. The zero-order valence-corrected chi connectivity index (χ0v) is 11.3. The smallest absolute Gasteiger partial charge is 0.241 e. The van der Waals surface area contributed by atoms with Crippen molar-refractivity contribution in [1.82, 2.24) is 14.9 Å². The second-order valence-corrected chi connectivity index (χ2v) is 4.93. The van der Waals surface area contributed by atoms with Crippen LogP contribution in [0.3, 0.4) is 0 Å². The maximum atomic E-state index is 11.6. The Morgan fingerprint density at radius 1 is 1.41 bits per heavy atom. The third kappa shape index (κ3) is 2.81. The van der Waals surface area contributed by atoms with Crippen LogP contribution in [0.4, 0.5) is 5.82 Å². The minimum absolute atomic E-state index is 0.0942. The van der Waals surface area contributed by atoms with Crippen LogP contribution < -0.4 is 4.90 Å². The molecule has 0 N–H and O–H groups in total. The molecule has 0 saturated carbocycles. The number of anilines is 1. The highest BCUT2D eigenvalue weighted by Crippen LogP contribution is 2.21. The monoisotopic (exact) mass is 272 g/mol. The molecule has 1 aliphatic heterocycles. The summed E-state index contributed by atoms with van der Waals surface area (Å²) in [5.41, 5.74) is 0. The molecule has 0 bridgehead atoms. The fraction of sp³-hybridized carbons (Fsp3) is 0.500.